The van der Waals surface area contributed by atoms with Crippen molar-refractivity contribution in [2.75, 3.05) is 26.9 Å². The van der Waals surface area contributed by atoms with E-state index in [4.69, 9.17) is 14.2 Å². The lowest BCUT2D eigenvalue weighted by Gasteiger charge is -2.43. The third kappa shape index (κ3) is 6.42. The summed E-state index contributed by atoms with van der Waals surface area (Å²) in [6.45, 7) is 8.84. The Balaban J connectivity index is 1.57. The molecule has 2 aliphatic heterocycles. The third-order valence-corrected chi connectivity index (χ3v) is 8.10. The van der Waals surface area contributed by atoms with Gasteiger partial charge in [-0.05, 0) is 82.0 Å². The van der Waals surface area contributed by atoms with Crippen LogP contribution >= 0.6 is 31.9 Å². The topological polar surface area (TPSA) is 68.3 Å². The lowest BCUT2D eigenvalue weighted by Crippen LogP contribution is -2.48. The molecule has 200 valence electrons. The van der Waals surface area contributed by atoms with E-state index in [0.717, 1.165) is 20.1 Å². The molecule has 1 fully saturated rings. The van der Waals surface area contributed by atoms with E-state index in [1.807, 2.05) is 76.0 Å². The van der Waals surface area contributed by atoms with Crippen molar-refractivity contribution in [1.82, 2.24) is 9.80 Å². The van der Waals surface area contributed by atoms with Crippen LogP contribution in [-0.2, 0) is 14.9 Å². The summed E-state index contributed by atoms with van der Waals surface area (Å²) in [5, 5.41) is 0. The zero-order chi connectivity index (χ0) is 27.0. The van der Waals surface area contributed by atoms with Crippen LogP contribution in [0.5, 0.6) is 11.5 Å². The molecule has 0 spiro atoms. The number of amides is 2. The summed E-state index contributed by atoms with van der Waals surface area (Å²) < 4.78 is 18.7. The Morgan fingerprint density at radius 1 is 1.05 bits per heavy atom. The van der Waals surface area contributed by atoms with Crippen molar-refractivity contribution in [3.63, 3.8) is 0 Å². The van der Waals surface area contributed by atoms with E-state index in [-0.39, 0.29) is 24.8 Å². The monoisotopic (exact) mass is 636 g/mol. The van der Waals surface area contributed by atoms with Gasteiger partial charge in [0.25, 0.3) is 0 Å². The first kappa shape index (κ1) is 27.8. The van der Waals surface area contributed by atoms with E-state index in [1.54, 1.807) is 4.90 Å². The fourth-order valence-electron chi connectivity index (χ4n) is 4.91. The Morgan fingerprint density at radius 2 is 1.68 bits per heavy atom. The quantitative estimate of drug-likeness (QED) is 0.360. The highest BCUT2D eigenvalue weighted by molar-refractivity contribution is 9.11. The lowest BCUT2D eigenvalue weighted by molar-refractivity contribution is -0.133. The summed E-state index contributed by atoms with van der Waals surface area (Å²) in [5.41, 5.74) is 1.07. The van der Waals surface area contributed by atoms with Gasteiger partial charge >= 0.3 is 6.09 Å². The van der Waals surface area contributed by atoms with Crippen LogP contribution in [-0.4, -0.2) is 54.3 Å². The molecule has 4 rings (SSSR count). The van der Waals surface area contributed by atoms with Gasteiger partial charge in [0.05, 0.1) is 6.04 Å². The van der Waals surface area contributed by atoms with Gasteiger partial charge in [-0.1, -0.05) is 37.9 Å². The molecule has 2 aromatic rings. The fraction of sp³-hybridized carbons (Fsp3) is 0.500. The van der Waals surface area contributed by atoms with Crippen molar-refractivity contribution in [2.45, 2.75) is 64.0 Å². The van der Waals surface area contributed by atoms with Crippen molar-refractivity contribution in [3.05, 3.63) is 56.5 Å². The maximum Gasteiger partial charge on any atom is 0.410 e. The molecular weight excluding hydrogens is 604 g/mol. The highest BCUT2D eigenvalue weighted by Gasteiger charge is 2.41. The van der Waals surface area contributed by atoms with Gasteiger partial charge in [0, 0.05) is 40.9 Å². The number of ether oxygens (including phenoxy) is 3. The number of carbonyl (C=O) groups excluding carboxylic acids is 2. The summed E-state index contributed by atoms with van der Waals surface area (Å²) in [7, 11) is 1.85. The van der Waals surface area contributed by atoms with E-state index < -0.39 is 11.0 Å². The second kappa shape index (κ2) is 10.8. The molecular formula is C28H34Br2N2O5. The average molecular weight is 638 g/mol. The van der Waals surface area contributed by atoms with Crippen LogP contribution in [0.3, 0.4) is 0 Å². The van der Waals surface area contributed by atoms with Crippen LogP contribution in [0, 0.1) is 0 Å². The highest BCUT2D eigenvalue weighted by Crippen LogP contribution is 2.44. The SMILES string of the molecule is CC(c1cc(Br)cc(Br)c1)N(C)C(=O)CC1(c2ccc3c(c2)OCO3)CCN(C(=O)OC(C)(C)C)CC1. The van der Waals surface area contributed by atoms with Crippen LogP contribution in [0.1, 0.15) is 64.1 Å². The van der Waals surface area contributed by atoms with Crippen molar-refractivity contribution in [2.24, 2.45) is 0 Å². The molecule has 2 aliphatic rings. The van der Waals surface area contributed by atoms with Gasteiger partial charge < -0.3 is 24.0 Å². The molecule has 2 amide bonds. The Kier molecular flexibility index (Phi) is 8.14. The normalized spacial score (nSPS) is 17.3. The largest absolute Gasteiger partial charge is 0.454 e. The second-order valence-corrected chi connectivity index (χ2v) is 12.7. The summed E-state index contributed by atoms with van der Waals surface area (Å²) in [4.78, 5) is 30.0. The van der Waals surface area contributed by atoms with Crippen LogP contribution in [0.15, 0.2) is 45.3 Å². The van der Waals surface area contributed by atoms with Crippen molar-refractivity contribution >= 4 is 43.9 Å². The predicted molar refractivity (Wildman–Crippen MR) is 149 cm³/mol. The minimum Gasteiger partial charge on any atom is -0.454 e. The molecule has 0 aliphatic carbocycles. The lowest BCUT2D eigenvalue weighted by atomic mass is 9.70. The first-order valence-corrected chi connectivity index (χ1v) is 14.1. The summed E-state index contributed by atoms with van der Waals surface area (Å²) >= 11 is 7.10. The number of carbonyl (C=O) groups is 2. The average Bonchev–Trinajstić information content (AvgIpc) is 3.30. The van der Waals surface area contributed by atoms with Gasteiger partial charge in [-0.25, -0.2) is 4.79 Å². The Hall–Kier alpha value is -2.26. The molecule has 0 bridgehead atoms. The van der Waals surface area contributed by atoms with E-state index in [1.165, 1.54) is 0 Å². The number of hydrogen-bond donors (Lipinski definition) is 0. The number of benzene rings is 2. The van der Waals surface area contributed by atoms with Crippen LogP contribution < -0.4 is 9.47 Å². The van der Waals surface area contributed by atoms with Gasteiger partial charge in [0.1, 0.15) is 5.60 Å². The molecule has 2 aromatic carbocycles. The number of hydrogen-bond acceptors (Lipinski definition) is 5. The first-order valence-electron chi connectivity index (χ1n) is 12.5. The van der Waals surface area contributed by atoms with Gasteiger partial charge in [-0.3, -0.25) is 4.79 Å². The molecule has 1 unspecified atom stereocenters. The zero-order valence-corrected chi connectivity index (χ0v) is 25.1. The van der Waals surface area contributed by atoms with E-state index in [0.29, 0.717) is 43.9 Å². The van der Waals surface area contributed by atoms with Crippen LogP contribution in [0.25, 0.3) is 0 Å². The molecule has 9 heteroatoms. The molecule has 0 radical (unpaired) electrons. The van der Waals surface area contributed by atoms with E-state index in [9.17, 15) is 9.59 Å². The number of rotatable bonds is 5. The van der Waals surface area contributed by atoms with E-state index in [2.05, 4.69) is 31.9 Å². The minimum atomic E-state index is -0.556. The molecule has 0 N–H and O–H groups in total. The first-order chi connectivity index (χ1) is 17.4. The molecule has 37 heavy (non-hydrogen) atoms. The van der Waals surface area contributed by atoms with Gasteiger partial charge in [0.15, 0.2) is 11.5 Å². The predicted octanol–water partition coefficient (Wildman–Crippen LogP) is 6.82. The molecule has 1 saturated heterocycles. The molecule has 2 heterocycles. The number of nitrogens with zero attached hydrogens (tertiary/aromatic N) is 2. The van der Waals surface area contributed by atoms with Gasteiger partial charge in [-0.2, -0.15) is 0 Å². The Labute approximate surface area is 235 Å². The standard InChI is InChI=1S/C28H34Br2N2O5/c1-18(19-12-21(29)15-22(30)13-19)31(5)25(33)16-28(20-6-7-23-24(14-20)36-17-35-23)8-10-32(11-9-28)26(34)37-27(2,3)4/h6-7,12-15,18H,8-11,16-17H2,1-5H3. The summed E-state index contributed by atoms with van der Waals surface area (Å²) in [6, 6.07) is 11.9. The van der Waals surface area contributed by atoms with E-state index >= 15 is 0 Å². The number of piperidine rings is 1. The number of fused-ring (bicyclic) bond motifs is 1. The molecule has 7 nitrogen and oxygen atoms in total. The minimum absolute atomic E-state index is 0.0481. The number of likely N-dealkylation sites (tertiary alicyclic amines) is 1. The van der Waals surface area contributed by atoms with Crippen LogP contribution in [0.2, 0.25) is 0 Å². The third-order valence-electron chi connectivity index (χ3n) is 7.19. The smallest absolute Gasteiger partial charge is 0.410 e. The van der Waals surface area contributed by atoms with Gasteiger partial charge in [0.2, 0.25) is 12.7 Å². The van der Waals surface area contributed by atoms with Crippen molar-refractivity contribution in [3.8, 4) is 11.5 Å². The molecule has 0 aromatic heterocycles. The molecule has 0 saturated carbocycles. The summed E-state index contributed by atoms with van der Waals surface area (Å²) in [5.74, 6) is 1.45. The zero-order valence-electron chi connectivity index (χ0n) is 22.0. The maximum atomic E-state index is 13.8. The fourth-order valence-corrected chi connectivity index (χ4v) is 6.24. The van der Waals surface area contributed by atoms with Crippen molar-refractivity contribution < 1.29 is 23.8 Å². The number of halogens is 2. The highest BCUT2D eigenvalue weighted by atomic mass is 79.9. The maximum absolute atomic E-state index is 13.8. The summed E-state index contributed by atoms with van der Waals surface area (Å²) in [6.07, 6.45) is 1.29. The van der Waals surface area contributed by atoms with Gasteiger partial charge in [-0.15, -0.1) is 0 Å². The Bertz CT molecular complexity index is 1150. The van der Waals surface area contributed by atoms with Crippen LogP contribution in [0.4, 0.5) is 4.79 Å². The Morgan fingerprint density at radius 3 is 2.30 bits per heavy atom. The van der Waals surface area contributed by atoms with Crippen molar-refractivity contribution in [1.29, 1.82) is 0 Å². The molecule has 1 atom stereocenters. The second-order valence-electron chi connectivity index (χ2n) is 10.9.